The van der Waals surface area contributed by atoms with Crippen LogP contribution in [-0.2, 0) is 9.53 Å². The van der Waals surface area contributed by atoms with E-state index in [1.54, 1.807) is 0 Å². The van der Waals surface area contributed by atoms with Gasteiger partial charge in [0.25, 0.3) is 0 Å². The molecule has 4 nitrogen and oxygen atoms in total. The van der Waals surface area contributed by atoms with Crippen LogP contribution in [0.2, 0.25) is 0 Å². The largest absolute Gasteiger partial charge is 0.511 e. The van der Waals surface area contributed by atoms with Crippen LogP contribution in [0.1, 0.15) is 26.7 Å². The number of hydrogen-bond donors (Lipinski definition) is 1. The Morgan fingerprint density at radius 1 is 1.67 bits per heavy atom. The van der Waals surface area contributed by atoms with Crippen LogP contribution in [0, 0.1) is 0 Å². The summed E-state index contributed by atoms with van der Waals surface area (Å²) in [5.41, 5.74) is 0. The molecule has 1 fully saturated rings. The van der Waals surface area contributed by atoms with Gasteiger partial charge in [-0.1, -0.05) is 13.5 Å². The third kappa shape index (κ3) is 3.23. The molecule has 15 heavy (non-hydrogen) atoms. The highest BCUT2D eigenvalue weighted by atomic mass is 16.5. The Bertz CT molecular complexity index is 252. The van der Waals surface area contributed by atoms with E-state index < -0.39 is 0 Å². The molecule has 2 atom stereocenters. The normalized spacial score (nSPS) is 26.5. The highest BCUT2D eigenvalue weighted by molar-refractivity contribution is 5.66. The molecule has 0 aromatic rings. The topological polar surface area (TPSA) is 49.8 Å². The fraction of sp³-hybridized carbons (Fsp3) is 0.727. The van der Waals surface area contributed by atoms with Crippen molar-refractivity contribution in [2.75, 3.05) is 13.1 Å². The molecule has 0 aromatic carbocycles. The highest BCUT2D eigenvalue weighted by Gasteiger charge is 2.34. The summed E-state index contributed by atoms with van der Waals surface area (Å²) in [5, 5.41) is 9.42. The number of carbonyl (C=O) groups excluding carboxylic acids is 1. The fourth-order valence-corrected chi connectivity index (χ4v) is 2.06. The third-order valence-corrected chi connectivity index (χ3v) is 2.59. The van der Waals surface area contributed by atoms with Crippen molar-refractivity contribution in [3.8, 4) is 0 Å². The molecule has 0 bridgehead atoms. The number of hydrogen-bond acceptors (Lipinski definition) is 4. The molecule has 0 radical (unpaired) electrons. The molecular formula is C11H19NO3. The predicted molar refractivity (Wildman–Crippen MR) is 57.6 cm³/mol. The zero-order valence-electron chi connectivity index (χ0n) is 9.40. The van der Waals surface area contributed by atoms with Crippen molar-refractivity contribution in [1.82, 2.24) is 4.90 Å². The molecule has 0 saturated carbocycles. The molecular weight excluding hydrogens is 194 g/mol. The maximum absolute atomic E-state index is 10.8. The lowest BCUT2D eigenvalue weighted by Gasteiger charge is -2.21. The Kier molecular flexibility index (Phi) is 4.15. The van der Waals surface area contributed by atoms with Gasteiger partial charge in [0.1, 0.15) is 11.9 Å². The lowest BCUT2D eigenvalue weighted by atomic mass is 10.1. The minimum Gasteiger partial charge on any atom is -0.511 e. The third-order valence-electron chi connectivity index (χ3n) is 2.59. The standard InChI is InChI=1S/C11H19NO3/c1-4-5-12-7-10(15-9(3)14)6-11(12)8(2)13/h10-11,13H,2,4-7H2,1,3H3. The Hall–Kier alpha value is -1.03. The van der Waals surface area contributed by atoms with E-state index in [9.17, 15) is 9.90 Å². The van der Waals surface area contributed by atoms with E-state index in [1.807, 2.05) is 0 Å². The van der Waals surface area contributed by atoms with E-state index in [-0.39, 0.29) is 23.9 Å². The summed E-state index contributed by atoms with van der Waals surface area (Å²) < 4.78 is 5.14. The van der Waals surface area contributed by atoms with E-state index in [0.717, 1.165) is 13.0 Å². The van der Waals surface area contributed by atoms with Crippen molar-refractivity contribution < 1.29 is 14.6 Å². The minimum atomic E-state index is -0.263. The second kappa shape index (κ2) is 5.16. The highest BCUT2D eigenvalue weighted by Crippen LogP contribution is 2.24. The zero-order chi connectivity index (χ0) is 11.4. The van der Waals surface area contributed by atoms with Crippen LogP contribution in [-0.4, -0.2) is 41.2 Å². The monoisotopic (exact) mass is 213 g/mol. The lowest BCUT2D eigenvalue weighted by molar-refractivity contribution is -0.145. The molecule has 1 rings (SSSR count). The summed E-state index contributed by atoms with van der Waals surface area (Å²) in [6, 6.07) is -0.0608. The molecule has 1 heterocycles. The van der Waals surface area contributed by atoms with Crippen LogP contribution in [0.3, 0.4) is 0 Å². The van der Waals surface area contributed by atoms with E-state index in [4.69, 9.17) is 4.74 Å². The molecule has 86 valence electrons. The number of aliphatic hydroxyl groups excluding tert-OH is 1. The molecule has 1 aliphatic rings. The number of esters is 1. The second-order valence-corrected chi connectivity index (χ2v) is 3.97. The lowest BCUT2D eigenvalue weighted by Crippen LogP contribution is -2.31. The smallest absolute Gasteiger partial charge is 0.302 e. The van der Waals surface area contributed by atoms with Gasteiger partial charge in [0.05, 0.1) is 6.04 Å². The Labute approximate surface area is 90.5 Å². The first kappa shape index (κ1) is 12.0. The number of aliphatic hydroxyl groups is 1. The number of likely N-dealkylation sites (tertiary alicyclic amines) is 1. The summed E-state index contributed by atoms with van der Waals surface area (Å²) in [6.45, 7) is 8.63. The van der Waals surface area contributed by atoms with Gasteiger partial charge in [0.2, 0.25) is 0 Å². The average Bonchev–Trinajstić information content (AvgIpc) is 2.47. The maximum atomic E-state index is 10.8. The summed E-state index contributed by atoms with van der Waals surface area (Å²) >= 11 is 0. The SMILES string of the molecule is C=C(O)C1CC(OC(C)=O)CN1CCC. The zero-order valence-corrected chi connectivity index (χ0v) is 9.40. The van der Waals surface area contributed by atoms with Crippen molar-refractivity contribution in [3.05, 3.63) is 12.3 Å². The van der Waals surface area contributed by atoms with Gasteiger partial charge >= 0.3 is 5.97 Å². The van der Waals surface area contributed by atoms with Crippen LogP contribution >= 0.6 is 0 Å². The predicted octanol–water partition coefficient (Wildman–Crippen LogP) is 1.47. The van der Waals surface area contributed by atoms with Crippen molar-refractivity contribution in [3.63, 3.8) is 0 Å². The molecule has 4 heteroatoms. The van der Waals surface area contributed by atoms with Gasteiger partial charge in [0.15, 0.2) is 0 Å². The molecule has 2 unspecified atom stereocenters. The van der Waals surface area contributed by atoms with Gasteiger partial charge in [-0.05, 0) is 13.0 Å². The fourth-order valence-electron chi connectivity index (χ4n) is 2.06. The van der Waals surface area contributed by atoms with Gasteiger partial charge < -0.3 is 9.84 Å². The van der Waals surface area contributed by atoms with Crippen molar-refractivity contribution in [2.24, 2.45) is 0 Å². The number of rotatable bonds is 4. The number of carbonyl (C=O) groups is 1. The first-order valence-electron chi connectivity index (χ1n) is 5.33. The molecule has 1 aliphatic heterocycles. The first-order chi connectivity index (χ1) is 7.04. The Balaban J connectivity index is 2.56. The Morgan fingerprint density at radius 2 is 2.33 bits per heavy atom. The van der Waals surface area contributed by atoms with Crippen LogP contribution in [0.4, 0.5) is 0 Å². The first-order valence-corrected chi connectivity index (χ1v) is 5.33. The van der Waals surface area contributed by atoms with E-state index >= 15 is 0 Å². The summed E-state index contributed by atoms with van der Waals surface area (Å²) in [4.78, 5) is 12.9. The van der Waals surface area contributed by atoms with Gasteiger partial charge in [-0.15, -0.1) is 0 Å². The molecule has 0 amide bonds. The molecule has 0 spiro atoms. The van der Waals surface area contributed by atoms with Gasteiger partial charge in [-0.2, -0.15) is 0 Å². The number of nitrogens with zero attached hydrogens (tertiary/aromatic N) is 1. The van der Waals surface area contributed by atoms with Gasteiger partial charge in [-0.3, -0.25) is 9.69 Å². The van der Waals surface area contributed by atoms with Crippen molar-refractivity contribution in [1.29, 1.82) is 0 Å². The van der Waals surface area contributed by atoms with Gasteiger partial charge in [0, 0.05) is 19.9 Å². The molecule has 0 aliphatic carbocycles. The summed E-state index contributed by atoms with van der Waals surface area (Å²) in [7, 11) is 0. The van der Waals surface area contributed by atoms with Crippen molar-refractivity contribution >= 4 is 5.97 Å². The van der Waals surface area contributed by atoms with E-state index in [1.165, 1.54) is 6.92 Å². The summed E-state index contributed by atoms with van der Waals surface area (Å²) in [5.74, 6) is -0.0984. The van der Waals surface area contributed by atoms with Crippen LogP contribution in [0.15, 0.2) is 12.3 Å². The quantitative estimate of drug-likeness (QED) is 0.567. The second-order valence-electron chi connectivity index (χ2n) is 3.97. The number of ether oxygens (including phenoxy) is 1. The Morgan fingerprint density at radius 3 is 2.80 bits per heavy atom. The average molecular weight is 213 g/mol. The summed E-state index contributed by atoms with van der Waals surface area (Å²) in [6.07, 6.45) is 1.55. The van der Waals surface area contributed by atoms with Crippen LogP contribution in [0.25, 0.3) is 0 Å². The van der Waals surface area contributed by atoms with Gasteiger partial charge in [-0.25, -0.2) is 0 Å². The maximum Gasteiger partial charge on any atom is 0.302 e. The molecule has 1 saturated heterocycles. The molecule has 0 aromatic heterocycles. The minimum absolute atomic E-state index is 0.0608. The molecule has 1 N–H and O–H groups in total. The van der Waals surface area contributed by atoms with Crippen LogP contribution in [0.5, 0.6) is 0 Å². The van der Waals surface area contributed by atoms with Crippen LogP contribution < -0.4 is 0 Å². The van der Waals surface area contributed by atoms with Crippen molar-refractivity contribution in [2.45, 2.75) is 38.8 Å². The van der Waals surface area contributed by atoms with E-state index in [2.05, 4.69) is 18.4 Å². The van der Waals surface area contributed by atoms with E-state index in [0.29, 0.717) is 13.0 Å².